The molecule has 168 valence electrons. The van der Waals surface area contributed by atoms with Crippen molar-refractivity contribution in [3.05, 3.63) is 81.7 Å². The Kier molecular flexibility index (Phi) is 5.98. The standard InChI is InChI=1S/C25H24ClN5O2/c1-33-21-6-7-22-18(15-21)14-19(24(32)28-22)16-30-10-12-31(13-11-30)25-27-9-8-23(29-25)17-2-4-20(26)5-3-17/h2-9,14-15H,10-13,16H2,1H3,(H,28,32). The van der Waals surface area contributed by atoms with Crippen molar-refractivity contribution in [3.8, 4) is 17.0 Å². The molecule has 3 heterocycles. The van der Waals surface area contributed by atoms with Gasteiger partial charge in [0.15, 0.2) is 0 Å². The number of benzene rings is 2. The average molecular weight is 462 g/mol. The molecule has 0 amide bonds. The Morgan fingerprint density at radius 2 is 1.82 bits per heavy atom. The van der Waals surface area contributed by atoms with E-state index in [1.54, 1.807) is 13.3 Å². The number of nitrogens with zero attached hydrogens (tertiary/aromatic N) is 4. The summed E-state index contributed by atoms with van der Waals surface area (Å²) in [6.45, 7) is 3.84. The number of nitrogens with one attached hydrogen (secondary N) is 1. The number of anilines is 1. The maximum Gasteiger partial charge on any atom is 0.252 e. The molecule has 1 saturated heterocycles. The van der Waals surface area contributed by atoms with Gasteiger partial charge in [-0.3, -0.25) is 9.69 Å². The summed E-state index contributed by atoms with van der Waals surface area (Å²) >= 11 is 6.00. The summed E-state index contributed by atoms with van der Waals surface area (Å²) in [5, 5.41) is 1.67. The first kappa shape index (κ1) is 21.4. The number of hydrogen-bond donors (Lipinski definition) is 1. The second kappa shape index (κ2) is 9.21. The number of rotatable bonds is 5. The lowest BCUT2D eigenvalue weighted by molar-refractivity contribution is 0.248. The van der Waals surface area contributed by atoms with Gasteiger partial charge < -0.3 is 14.6 Å². The molecule has 2 aromatic heterocycles. The molecule has 0 radical (unpaired) electrons. The largest absolute Gasteiger partial charge is 0.497 e. The average Bonchev–Trinajstić information content (AvgIpc) is 2.85. The highest BCUT2D eigenvalue weighted by molar-refractivity contribution is 6.30. The normalized spacial score (nSPS) is 14.5. The molecular weight excluding hydrogens is 438 g/mol. The number of ether oxygens (including phenoxy) is 1. The van der Waals surface area contributed by atoms with Crippen LogP contribution < -0.4 is 15.2 Å². The van der Waals surface area contributed by atoms with Crippen molar-refractivity contribution >= 4 is 28.5 Å². The van der Waals surface area contributed by atoms with Crippen LogP contribution in [0, 0.1) is 0 Å². The molecule has 1 fully saturated rings. The number of aromatic nitrogens is 3. The molecular formula is C25H24ClN5O2. The Balaban J connectivity index is 1.27. The minimum absolute atomic E-state index is 0.0471. The quantitative estimate of drug-likeness (QED) is 0.484. The topological polar surface area (TPSA) is 74.4 Å². The number of H-pyrrole nitrogens is 1. The molecule has 1 aliphatic heterocycles. The summed E-state index contributed by atoms with van der Waals surface area (Å²) in [5.41, 5.74) is 3.40. The molecule has 4 aromatic rings. The van der Waals surface area contributed by atoms with Crippen molar-refractivity contribution in [2.75, 3.05) is 38.2 Å². The van der Waals surface area contributed by atoms with E-state index in [-0.39, 0.29) is 5.56 Å². The van der Waals surface area contributed by atoms with Crippen molar-refractivity contribution < 1.29 is 4.74 Å². The maximum absolute atomic E-state index is 12.6. The molecule has 0 bridgehead atoms. The summed E-state index contributed by atoms with van der Waals surface area (Å²) in [4.78, 5) is 29.3. The van der Waals surface area contributed by atoms with Crippen LogP contribution in [0.2, 0.25) is 5.02 Å². The third kappa shape index (κ3) is 4.69. The van der Waals surface area contributed by atoms with Crippen LogP contribution >= 0.6 is 11.6 Å². The number of aromatic amines is 1. The van der Waals surface area contributed by atoms with Gasteiger partial charge >= 0.3 is 0 Å². The van der Waals surface area contributed by atoms with Crippen molar-refractivity contribution in [2.24, 2.45) is 0 Å². The lowest BCUT2D eigenvalue weighted by Crippen LogP contribution is -2.47. The predicted octanol–water partition coefficient (Wildman–Crippen LogP) is 3.97. The highest BCUT2D eigenvalue weighted by atomic mass is 35.5. The lowest BCUT2D eigenvalue weighted by atomic mass is 10.1. The summed E-state index contributed by atoms with van der Waals surface area (Å²) in [7, 11) is 1.64. The minimum Gasteiger partial charge on any atom is -0.497 e. The van der Waals surface area contributed by atoms with E-state index < -0.39 is 0 Å². The molecule has 1 aliphatic rings. The van der Waals surface area contributed by atoms with Gasteiger partial charge in [-0.05, 0) is 42.5 Å². The number of piperazine rings is 1. The zero-order valence-electron chi connectivity index (χ0n) is 18.3. The van der Waals surface area contributed by atoms with Gasteiger partial charge in [-0.1, -0.05) is 23.7 Å². The van der Waals surface area contributed by atoms with Crippen LogP contribution in [0.15, 0.2) is 65.6 Å². The zero-order valence-corrected chi connectivity index (χ0v) is 19.0. The Labute approximate surface area is 196 Å². The summed E-state index contributed by atoms with van der Waals surface area (Å²) in [6, 6.07) is 17.2. The summed E-state index contributed by atoms with van der Waals surface area (Å²) < 4.78 is 5.31. The molecule has 0 unspecified atom stereocenters. The predicted molar refractivity (Wildman–Crippen MR) is 131 cm³/mol. The second-order valence-corrected chi connectivity index (χ2v) is 8.53. The third-order valence-corrected chi connectivity index (χ3v) is 6.21. The molecule has 8 heteroatoms. The fraction of sp³-hybridized carbons (Fsp3) is 0.240. The first-order valence-electron chi connectivity index (χ1n) is 10.9. The first-order chi connectivity index (χ1) is 16.1. The summed E-state index contributed by atoms with van der Waals surface area (Å²) in [6.07, 6.45) is 1.79. The van der Waals surface area contributed by atoms with Crippen molar-refractivity contribution in [1.29, 1.82) is 0 Å². The van der Waals surface area contributed by atoms with Gasteiger partial charge in [0.25, 0.3) is 5.56 Å². The van der Waals surface area contributed by atoms with E-state index in [0.29, 0.717) is 11.6 Å². The van der Waals surface area contributed by atoms with Crippen LogP contribution in [0.4, 0.5) is 5.95 Å². The molecule has 0 spiro atoms. The van der Waals surface area contributed by atoms with Gasteiger partial charge in [0.2, 0.25) is 5.95 Å². The van der Waals surface area contributed by atoms with Gasteiger partial charge in [-0.25, -0.2) is 9.97 Å². The van der Waals surface area contributed by atoms with Crippen molar-refractivity contribution in [1.82, 2.24) is 19.9 Å². The van der Waals surface area contributed by atoms with E-state index in [0.717, 1.165) is 65.6 Å². The van der Waals surface area contributed by atoms with Crippen LogP contribution in [0.25, 0.3) is 22.2 Å². The molecule has 2 aromatic carbocycles. The highest BCUT2D eigenvalue weighted by Crippen LogP contribution is 2.22. The number of methoxy groups -OCH3 is 1. The SMILES string of the molecule is COc1ccc2[nH]c(=O)c(CN3CCN(c4nccc(-c5ccc(Cl)cc5)n4)CC3)cc2c1. The highest BCUT2D eigenvalue weighted by Gasteiger charge is 2.20. The number of fused-ring (bicyclic) bond motifs is 1. The van der Waals surface area contributed by atoms with Gasteiger partial charge in [0.05, 0.1) is 12.8 Å². The van der Waals surface area contributed by atoms with Gasteiger partial charge in [-0.15, -0.1) is 0 Å². The zero-order chi connectivity index (χ0) is 22.8. The van der Waals surface area contributed by atoms with Crippen LogP contribution in [-0.4, -0.2) is 53.1 Å². The van der Waals surface area contributed by atoms with E-state index in [1.165, 1.54) is 0 Å². The van der Waals surface area contributed by atoms with Gasteiger partial charge in [0, 0.05) is 66.0 Å². The Hall–Kier alpha value is -3.42. The van der Waals surface area contributed by atoms with E-state index in [2.05, 4.69) is 19.8 Å². The van der Waals surface area contributed by atoms with Gasteiger partial charge in [0.1, 0.15) is 5.75 Å². The maximum atomic E-state index is 12.6. The molecule has 0 saturated carbocycles. The summed E-state index contributed by atoms with van der Waals surface area (Å²) in [5.74, 6) is 1.49. The van der Waals surface area contributed by atoms with E-state index in [1.807, 2.05) is 54.6 Å². The fourth-order valence-corrected chi connectivity index (χ4v) is 4.23. The lowest BCUT2D eigenvalue weighted by Gasteiger charge is -2.34. The smallest absolute Gasteiger partial charge is 0.252 e. The van der Waals surface area contributed by atoms with Crippen LogP contribution in [0.3, 0.4) is 0 Å². The molecule has 0 aliphatic carbocycles. The molecule has 1 N–H and O–H groups in total. The molecule has 7 nitrogen and oxygen atoms in total. The van der Waals surface area contributed by atoms with Crippen LogP contribution in [0.1, 0.15) is 5.56 Å². The van der Waals surface area contributed by atoms with Crippen molar-refractivity contribution in [3.63, 3.8) is 0 Å². The monoisotopic (exact) mass is 461 g/mol. The van der Waals surface area contributed by atoms with E-state index in [9.17, 15) is 4.79 Å². The van der Waals surface area contributed by atoms with Crippen molar-refractivity contribution in [2.45, 2.75) is 6.54 Å². The van der Waals surface area contributed by atoms with E-state index in [4.69, 9.17) is 21.3 Å². The third-order valence-electron chi connectivity index (χ3n) is 5.96. The Bertz CT molecular complexity index is 1330. The molecule has 33 heavy (non-hydrogen) atoms. The Morgan fingerprint density at radius 1 is 1.03 bits per heavy atom. The van der Waals surface area contributed by atoms with Crippen LogP contribution in [-0.2, 0) is 6.54 Å². The number of pyridine rings is 1. The van der Waals surface area contributed by atoms with E-state index >= 15 is 0 Å². The molecule has 5 rings (SSSR count). The molecule has 0 atom stereocenters. The number of hydrogen-bond acceptors (Lipinski definition) is 6. The van der Waals surface area contributed by atoms with Gasteiger partial charge in [-0.2, -0.15) is 0 Å². The fourth-order valence-electron chi connectivity index (χ4n) is 4.10. The minimum atomic E-state index is -0.0471. The number of halogens is 1. The first-order valence-corrected chi connectivity index (χ1v) is 11.2. The van der Waals surface area contributed by atoms with Crippen LogP contribution in [0.5, 0.6) is 5.75 Å². The Morgan fingerprint density at radius 3 is 2.58 bits per heavy atom. The second-order valence-electron chi connectivity index (χ2n) is 8.09.